The Balaban J connectivity index is 0.000000126. The van der Waals surface area contributed by atoms with E-state index in [9.17, 15) is 69.9 Å². The molecule has 9 fully saturated rings. The minimum absolute atomic E-state index is 0.00524. The SMILES string of the molecule is Cc1ccccc1S(=O)(=O)C1CCN(C(=O)Cn2nc(C(=O)N3CC[C@H](O)[C@H](F)C3)c3c2C[C@H]2C[C@@H]32)CC1.Cc1ccccc1S(=O)C1CCN(C(=O)Cn2nc(C(=O)N3CC[C@H](O)[C@H](F)C3)c3c2C[C@H]2C[C@@H]32)CC1.Cc1ccccc1SC1CCN(C(=O)Cn2nc(C(=O)N3CC[C@H](O)[C@H](F)C3)c3c2C[C@H]2C[C@@H]32)CC1. The number of amides is 6. The van der Waals surface area contributed by atoms with Crippen LogP contribution in [0.2, 0.25) is 0 Å². The quantitative estimate of drug-likeness (QED) is 0.0913. The Kier molecular flexibility index (Phi) is 21.9. The van der Waals surface area contributed by atoms with Crippen molar-refractivity contribution < 1.29 is 69.9 Å². The van der Waals surface area contributed by atoms with Gasteiger partial charge < -0.3 is 44.7 Å². The molecule has 111 heavy (non-hydrogen) atoms. The second-order valence-electron chi connectivity index (χ2n) is 32.9. The third-order valence-corrected chi connectivity index (χ3v) is 31.5. The number of carbonyl (C=O) groups excluding carboxylic acids is 6. The van der Waals surface area contributed by atoms with Crippen LogP contribution in [-0.4, -0.2) is 253 Å². The first kappa shape index (κ1) is 77.2. The zero-order valence-corrected chi connectivity index (χ0v) is 65.5. The van der Waals surface area contributed by atoms with Gasteiger partial charge in [0.2, 0.25) is 17.7 Å². The number of likely N-dealkylation sites (tertiary alicyclic amines) is 6. The first-order valence-electron chi connectivity index (χ1n) is 39.8. The van der Waals surface area contributed by atoms with Crippen LogP contribution in [0.15, 0.2) is 87.5 Å². The van der Waals surface area contributed by atoms with Gasteiger partial charge in [-0.1, -0.05) is 54.6 Å². The first-order chi connectivity index (χ1) is 53.3. The van der Waals surface area contributed by atoms with Gasteiger partial charge in [-0.25, -0.2) is 21.6 Å². The lowest BCUT2D eigenvalue weighted by atomic mass is 10.0. The van der Waals surface area contributed by atoms with Crippen LogP contribution in [0.3, 0.4) is 0 Å². The van der Waals surface area contributed by atoms with E-state index in [-0.39, 0.29) is 112 Å². The molecular formula is C81H99F3N12O12S3. The summed E-state index contributed by atoms with van der Waals surface area (Å²) >= 11 is 1.91. The number of aliphatic hydroxyl groups excluding tert-OH is 3. The van der Waals surface area contributed by atoms with Gasteiger partial charge >= 0.3 is 0 Å². The molecule has 6 saturated heterocycles. The van der Waals surface area contributed by atoms with Crippen LogP contribution in [-0.2, 0) is 73.9 Å². The van der Waals surface area contributed by atoms with Crippen LogP contribution < -0.4 is 0 Å². The van der Waals surface area contributed by atoms with Crippen LogP contribution in [0.5, 0.6) is 0 Å². The maximum absolute atomic E-state index is 14.1. The van der Waals surface area contributed by atoms with Gasteiger partial charge in [0.25, 0.3) is 17.7 Å². The summed E-state index contributed by atoms with van der Waals surface area (Å²) in [5.74, 6) is 1.37. The summed E-state index contributed by atoms with van der Waals surface area (Å²) in [6.45, 7) is 9.89. The highest BCUT2D eigenvalue weighted by molar-refractivity contribution is 8.00. The number of alkyl halides is 3. The average Bonchev–Trinajstić information content (AvgIpc) is 1.57. The van der Waals surface area contributed by atoms with Crippen LogP contribution in [0, 0.1) is 38.5 Å². The fraction of sp³-hybridized carbons (Fsp3) is 0.593. The van der Waals surface area contributed by atoms with Crippen molar-refractivity contribution in [2.75, 3.05) is 78.5 Å². The van der Waals surface area contributed by atoms with Crippen molar-refractivity contribution in [1.82, 2.24) is 58.7 Å². The minimum Gasteiger partial charge on any atom is -0.390 e. The molecule has 12 aliphatic rings. The number of nitrogens with zero attached hydrogens (tertiary/aromatic N) is 12. The first-order valence-corrected chi connectivity index (χ1v) is 43.4. The number of aromatic nitrogens is 6. The maximum atomic E-state index is 14.1. The Bertz CT molecular complexity index is 4740. The number of aliphatic hydroxyl groups is 3. The highest BCUT2D eigenvalue weighted by Crippen LogP contribution is 2.60. The molecule has 0 radical (unpaired) electrons. The van der Waals surface area contributed by atoms with Crippen molar-refractivity contribution in [3.8, 4) is 0 Å². The Labute approximate surface area is 651 Å². The Morgan fingerprint density at radius 3 is 1.20 bits per heavy atom. The molecule has 18 rings (SSSR count). The van der Waals surface area contributed by atoms with E-state index in [0.29, 0.717) is 122 Å². The zero-order chi connectivity index (χ0) is 77.6. The third-order valence-electron chi connectivity index (χ3n) is 25.6. The Morgan fingerprint density at radius 1 is 0.459 bits per heavy atom. The number of halogens is 3. The van der Waals surface area contributed by atoms with E-state index in [0.717, 1.165) is 114 Å². The van der Waals surface area contributed by atoms with E-state index in [4.69, 9.17) is 0 Å². The van der Waals surface area contributed by atoms with Crippen molar-refractivity contribution in [2.45, 2.75) is 222 Å². The number of sulfone groups is 1. The average molecular weight is 1590 g/mol. The number of benzene rings is 3. The van der Waals surface area contributed by atoms with E-state index < -0.39 is 62.7 Å². The number of hydrogen-bond acceptors (Lipinski definition) is 16. The van der Waals surface area contributed by atoms with Gasteiger partial charge in [-0.15, -0.1) is 11.8 Å². The maximum Gasteiger partial charge on any atom is 0.274 e. The second kappa shape index (κ2) is 31.5. The number of aryl methyl sites for hydroxylation is 3. The number of carbonyl (C=O) groups is 6. The predicted molar refractivity (Wildman–Crippen MR) is 406 cm³/mol. The molecule has 9 heterocycles. The zero-order valence-electron chi connectivity index (χ0n) is 63.0. The number of thioether (sulfide) groups is 1. The molecule has 3 aromatic heterocycles. The fourth-order valence-corrected chi connectivity index (χ4v) is 23.4. The fourth-order valence-electron chi connectivity index (χ4n) is 18.6. The van der Waals surface area contributed by atoms with E-state index >= 15 is 0 Å². The largest absolute Gasteiger partial charge is 0.390 e. The predicted octanol–water partition coefficient (Wildman–Crippen LogP) is 7.24. The minimum atomic E-state index is -3.47. The van der Waals surface area contributed by atoms with Crippen molar-refractivity contribution in [3.63, 3.8) is 0 Å². The molecule has 6 amide bonds. The highest BCUT2D eigenvalue weighted by atomic mass is 32.2. The van der Waals surface area contributed by atoms with Gasteiger partial charge in [0.05, 0.1) is 58.9 Å². The summed E-state index contributed by atoms with van der Waals surface area (Å²) in [7, 11) is -4.57. The van der Waals surface area contributed by atoms with E-state index in [1.54, 1.807) is 44.1 Å². The summed E-state index contributed by atoms with van der Waals surface area (Å²) in [6, 6.07) is 23.2. The highest BCUT2D eigenvalue weighted by Gasteiger charge is 2.54. The van der Waals surface area contributed by atoms with E-state index in [1.165, 1.54) is 25.2 Å². The molecule has 594 valence electrons. The molecule has 24 nitrogen and oxygen atoms in total. The number of hydrogen-bond donors (Lipinski definition) is 3. The molecule has 1 unspecified atom stereocenters. The smallest absolute Gasteiger partial charge is 0.274 e. The molecular weight excluding hydrogens is 1490 g/mol. The van der Waals surface area contributed by atoms with Crippen LogP contribution >= 0.6 is 11.8 Å². The van der Waals surface area contributed by atoms with Gasteiger partial charge in [0.15, 0.2) is 26.9 Å². The summed E-state index contributed by atoms with van der Waals surface area (Å²) in [6.07, 6.45) is 2.75. The summed E-state index contributed by atoms with van der Waals surface area (Å²) in [5, 5.41) is 42.9. The molecule has 0 bridgehead atoms. The van der Waals surface area contributed by atoms with Crippen molar-refractivity contribution in [2.24, 2.45) is 17.8 Å². The molecule has 6 aliphatic carbocycles. The van der Waals surface area contributed by atoms with Crippen LogP contribution in [0.4, 0.5) is 13.2 Å². The summed E-state index contributed by atoms with van der Waals surface area (Å²) in [5.41, 5.74) is 9.79. The normalized spacial score (nSPS) is 27.6. The molecule has 3 saturated carbocycles. The molecule has 6 aromatic rings. The molecule has 0 spiro atoms. The summed E-state index contributed by atoms with van der Waals surface area (Å²) < 4.78 is 86.9. The van der Waals surface area contributed by atoms with Crippen molar-refractivity contribution >= 4 is 67.8 Å². The van der Waals surface area contributed by atoms with E-state index in [2.05, 4.69) is 46.5 Å². The molecule has 3 aromatic carbocycles. The second-order valence-corrected chi connectivity index (χ2v) is 38.1. The van der Waals surface area contributed by atoms with E-state index in [1.807, 2.05) is 58.8 Å². The molecule has 3 N–H and O–H groups in total. The van der Waals surface area contributed by atoms with Crippen LogP contribution in [0.1, 0.15) is 177 Å². The lowest BCUT2D eigenvalue weighted by Gasteiger charge is -2.32. The Hall–Kier alpha value is -7.77. The lowest BCUT2D eigenvalue weighted by molar-refractivity contribution is -0.133. The van der Waals surface area contributed by atoms with Gasteiger partial charge in [0, 0.05) is 113 Å². The van der Waals surface area contributed by atoms with Crippen LogP contribution in [0.25, 0.3) is 0 Å². The topological polar surface area (TPSA) is 287 Å². The molecule has 6 aliphatic heterocycles. The number of rotatable bonds is 15. The monoisotopic (exact) mass is 1580 g/mol. The number of fused-ring (bicyclic) bond motifs is 9. The number of piperidine rings is 6. The molecule has 30 heteroatoms. The van der Waals surface area contributed by atoms with Crippen molar-refractivity contribution in [1.29, 1.82) is 0 Å². The Morgan fingerprint density at radius 2 is 0.811 bits per heavy atom. The van der Waals surface area contributed by atoms with Gasteiger partial charge in [-0.2, -0.15) is 15.3 Å². The molecule has 13 atom stereocenters. The lowest BCUT2D eigenvalue weighted by Crippen LogP contribution is -2.47. The van der Waals surface area contributed by atoms with Crippen molar-refractivity contribution in [3.05, 3.63) is 140 Å². The van der Waals surface area contributed by atoms with Gasteiger partial charge in [-0.05, 0) is 187 Å². The van der Waals surface area contributed by atoms with Gasteiger partial charge in [0.1, 0.15) is 38.1 Å². The third kappa shape index (κ3) is 15.6. The van der Waals surface area contributed by atoms with Gasteiger partial charge in [-0.3, -0.25) is 47.0 Å². The standard InChI is InChI=1S/C27H33FN4O5S.C27H33FN4O4S.C27H33FN4O3S/c1-16-4-2-3-5-23(16)38(36,37)18-6-9-30(10-7-18)24(34)15-32-21-13-17-12-19(17)25(21)26(29-32)27(35)31-11-8-22(33)20(28)14-31;1-16-4-2-3-5-23(16)37(36)18-6-9-30(10-7-18)24(34)15-32-21-13-17-12-19(17)25(21)26(29-32)27(35)31-11-8-22(33)20(28)14-31;1-16-4-2-3-5-23(16)36-18-6-9-30(10-7-18)24(34)15-32-21-13-17-12-19(17)25(21)26(29-32)27(35)31-11-8-22(33)20(28)14-31/h2-5,17-20,22,33H,6-15H2,1H3;2-5,17-20,22,33H,6-15H2,1H3;2-5,17-20,22,33H,6-15H2,1H3/t17-,19-,20-,22+;17-,19-,20-,22+,37?;17-,19-,20-,22+/m111/s1. The summed E-state index contributed by atoms with van der Waals surface area (Å²) in [4.78, 5) is 91.9.